The number of fused-ring (bicyclic) bond motifs is 1. The van der Waals surface area contributed by atoms with E-state index in [1.807, 2.05) is 6.07 Å². The molecule has 0 amide bonds. The lowest BCUT2D eigenvalue weighted by Crippen LogP contribution is -2.10. The highest BCUT2D eigenvalue weighted by atomic mass is 35.5. The summed E-state index contributed by atoms with van der Waals surface area (Å²) in [4.78, 5) is 17.1. The molecule has 2 aromatic rings. The van der Waals surface area contributed by atoms with Crippen molar-refractivity contribution in [3.05, 3.63) is 69.3 Å². The highest BCUT2D eigenvalue weighted by molar-refractivity contribution is 8.18. The maximum absolute atomic E-state index is 12.2. The van der Waals surface area contributed by atoms with Crippen molar-refractivity contribution < 1.29 is 24.1 Å². The number of esters is 1. The highest BCUT2D eigenvalue weighted by Gasteiger charge is 2.33. The second-order valence-corrected chi connectivity index (χ2v) is 7.24. The van der Waals surface area contributed by atoms with E-state index in [2.05, 4.69) is 4.99 Å². The second-order valence-electron chi connectivity index (χ2n) is 5.81. The van der Waals surface area contributed by atoms with E-state index >= 15 is 0 Å². The predicted molar refractivity (Wildman–Crippen MR) is 108 cm³/mol. The number of ether oxygens (including phenoxy) is 3. The third-order valence-corrected chi connectivity index (χ3v) is 5.39. The molecule has 0 fully saturated rings. The molecule has 2 aromatic carbocycles. The summed E-state index contributed by atoms with van der Waals surface area (Å²) in [6.45, 7) is 0.177. The van der Waals surface area contributed by atoms with Crippen LogP contribution in [0, 0.1) is 0 Å². The van der Waals surface area contributed by atoms with E-state index in [1.54, 1.807) is 42.5 Å². The van der Waals surface area contributed by atoms with Crippen LogP contribution in [0.2, 0.25) is 5.02 Å². The van der Waals surface area contributed by atoms with Crippen LogP contribution in [0.1, 0.15) is 5.56 Å². The van der Waals surface area contributed by atoms with Crippen LogP contribution in [-0.4, -0.2) is 30.0 Å². The Balaban J connectivity index is 1.75. The lowest BCUT2D eigenvalue weighted by Gasteiger charge is -2.03. The second kappa shape index (κ2) is 7.61. The van der Waals surface area contributed by atoms with Gasteiger partial charge in [0.1, 0.15) is 16.4 Å². The van der Waals surface area contributed by atoms with Crippen LogP contribution in [0.25, 0.3) is 6.08 Å². The van der Waals surface area contributed by atoms with Gasteiger partial charge in [0.2, 0.25) is 6.79 Å². The van der Waals surface area contributed by atoms with Crippen molar-refractivity contribution in [3.8, 4) is 11.5 Å². The molecule has 4 rings (SSSR count). The Hall–Kier alpha value is -2.90. The molecule has 0 unspecified atom stereocenters. The summed E-state index contributed by atoms with van der Waals surface area (Å²) < 4.78 is 15.5. The summed E-state index contributed by atoms with van der Waals surface area (Å²) in [6.07, 6.45) is 1.74. The first-order valence-electron chi connectivity index (χ1n) is 8.21. The van der Waals surface area contributed by atoms with E-state index in [1.165, 1.54) is 7.11 Å². The molecule has 0 saturated carbocycles. The largest absolute Gasteiger partial charge is 0.506 e. The number of rotatable bonds is 3. The van der Waals surface area contributed by atoms with Crippen LogP contribution in [-0.2, 0) is 9.53 Å². The Kier molecular flexibility index (Phi) is 5.02. The number of hydrogen-bond donors (Lipinski definition) is 1. The third kappa shape index (κ3) is 3.46. The zero-order chi connectivity index (χ0) is 19.7. The molecule has 2 heterocycles. The number of para-hydroxylation sites is 1. The average molecular weight is 416 g/mol. The van der Waals surface area contributed by atoms with E-state index in [0.29, 0.717) is 32.2 Å². The highest BCUT2D eigenvalue weighted by Crippen LogP contribution is 2.42. The molecule has 6 nitrogen and oxygen atoms in total. The molecule has 142 valence electrons. The van der Waals surface area contributed by atoms with Crippen molar-refractivity contribution >= 4 is 46.1 Å². The van der Waals surface area contributed by atoms with E-state index in [4.69, 9.17) is 25.8 Å². The number of nitrogens with zero attached hydrogens (tertiary/aromatic N) is 1. The van der Waals surface area contributed by atoms with Crippen molar-refractivity contribution in [1.29, 1.82) is 0 Å². The molecule has 0 aliphatic carbocycles. The molecule has 28 heavy (non-hydrogen) atoms. The molecule has 0 aromatic heterocycles. The van der Waals surface area contributed by atoms with Gasteiger partial charge in [0.15, 0.2) is 11.5 Å². The first-order chi connectivity index (χ1) is 13.6. The molecule has 8 heteroatoms. The number of carbonyl (C=O) groups is 1. The summed E-state index contributed by atoms with van der Waals surface area (Å²) in [5.41, 5.74) is 1.27. The van der Waals surface area contributed by atoms with Crippen LogP contribution in [0.15, 0.2) is 63.7 Å². The third-order valence-electron chi connectivity index (χ3n) is 4.05. The Morgan fingerprint density at radius 1 is 1.25 bits per heavy atom. The number of carbonyl (C=O) groups excluding carboxylic acids is 1. The topological polar surface area (TPSA) is 77.4 Å². The SMILES string of the molecule is COC(=O)C1=C(O)/C(=C\c2ccc3c(c2)OCO3)SC1=Nc1ccccc1Cl. The Labute approximate surface area is 170 Å². The summed E-state index contributed by atoms with van der Waals surface area (Å²) in [5, 5.41) is 11.4. The molecular weight excluding hydrogens is 402 g/mol. The molecule has 2 aliphatic rings. The Bertz CT molecular complexity index is 1060. The summed E-state index contributed by atoms with van der Waals surface area (Å²) in [6, 6.07) is 12.4. The standard InChI is InChI=1S/C20H14ClNO5S/c1-25-20(24)17-18(23)16(9-11-6-7-14-15(8-11)27-10-26-14)28-19(17)22-13-5-3-2-4-12(13)21/h2-9,23H,10H2,1H3/b16-9+,22-19?. The predicted octanol–water partition coefficient (Wildman–Crippen LogP) is 4.87. The fourth-order valence-corrected chi connectivity index (χ4v) is 3.90. The van der Waals surface area contributed by atoms with Gasteiger partial charge in [-0.25, -0.2) is 9.79 Å². The van der Waals surface area contributed by atoms with E-state index < -0.39 is 5.97 Å². The zero-order valence-corrected chi connectivity index (χ0v) is 16.2. The number of hydrogen-bond acceptors (Lipinski definition) is 7. The van der Waals surface area contributed by atoms with Crippen molar-refractivity contribution in [2.45, 2.75) is 0 Å². The van der Waals surface area contributed by atoms with Gasteiger partial charge in [0, 0.05) is 0 Å². The van der Waals surface area contributed by atoms with Crippen molar-refractivity contribution in [1.82, 2.24) is 0 Å². The maximum Gasteiger partial charge on any atom is 0.344 e. The van der Waals surface area contributed by atoms with Crippen molar-refractivity contribution in [2.75, 3.05) is 13.9 Å². The first-order valence-corrected chi connectivity index (χ1v) is 9.41. The maximum atomic E-state index is 12.2. The van der Waals surface area contributed by atoms with Crippen LogP contribution in [0.5, 0.6) is 11.5 Å². The minimum absolute atomic E-state index is 0.000543. The lowest BCUT2D eigenvalue weighted by atomic mass is 10.1. The van der Waals surface area contributed by atoms with Gasteiger partial charge >= 0.3 is 5.97 Å². The van der Waals surface area contributed by atoms with Crippen LogP contribution < -0.4 is 9.47 Å². The van der Waals surface area contributed by atoms with Gasteiger partial charge in [-0.05, 0) is 35.9 Å². The fourth-order valence-electron chi connectivity index (χ4n) is 2.70. The molecular formula is C20H14ClNO5S. The van der Waals surface area contributed by atoms with Gasteiger partial charge in [-0.1, -0.05) is 41.6 Å². The average Bonchev–Trinajstić information content (AvgIpc) is 3.27. The van der Waals surface area contributed by atoms with Crippen LogP contribution in [0.3, 0.4) is 0 Å². The van der Waals surface area contributed by atoms with Gasteiger partial charge in [-0.15, -0.1) is 0 Å². The minimum Gasteiger partial charge on any atom is -0.506 e. The molecule has 0 bridgehead atoms. The normalized spacial score (nSPS) is 18.2. The smallest absolute Gasteiger partial charge is 0.344 e. The number of aliphatic imine (C=N–C) groups is 1. The van der Waals surface area contributed by atoms with Gasteiger partial charge in [-0.3, -0.25) is 0 Å². The van der Waals surface area contributed by atoms with Crippen LogP contribution >= 0.6 is 23.4 Å². The number of methoxy groups -OCH3 is 1. The number of halogens is 1. The van der Waals surface area contributed by atoms with Crippen molar-refractivity contribution in [3.63, 3.8) is 0 Å². The number of aliphatic hydroxyl groups is 1. The zero-order valence-electron chi connectivity index (χ0n) is 14.6. The van der Waals surface area contributed by atoms with Crippen molar-refractivity contribution in [2.24, 2.45) is 4.99 Å². The fraction of sp³-hybridized carbons (Fsp3) is 0.100. The minimum atomic E-state index is -0.676. The monoisotopic (exact) mass is 415 g/mol. The quantitative estimate of drug-likeness (QED) is 0.720. The summed E-state index contributed by atoms with van der Waals surface area (Å²) in [5.74, 6) is 0.418. The van der Waals surface area contributed by atoms with E-state index in [9.17, 15) is 9.90 Å². The molecule has 0 spiro atoms. The summed E-state index contributed by atoms with van der Waals surface area (Å²) in [7, 11) is 1.25. The lowest BCUT2D eigenvalue weighted by molar-refractivity contribution is -0.135. The first kappa shape index (κ1) is 18.5. The van der Waals surface area contributed by atoms with E-state index in [-0.39, 0.29) is 18.1 Å². The molecule has 0 atom stereocenters. The van der Waals surface area contributed by atoms with Gasteiger partial charge in [-0.2, -0.15) is 0 Å². The van der Waals surface area contributed by atoms with Gasteiger partial charge in [0.25, 0.3) is 0 Å². The molecule has 1 N–H and O–H groups in total. The molecule has 0 radical (unpaired) electrons. The number of thioether (sulfide) groups is 1. The number of aliphatic hydroxyl groups excluding tert-OH is 1. The Morgan fingerprint density at radius 2 is 2.04 bits per heavy atom. The van der Waals surface area contributed by atoms with Crippen LogP contribution in [0.4, 0.5) is 5.69 Å². The van der Waals surface area contributed by atoms with E-state index in [0.717, 1.165) is 17.3 Å². The molecule has 2 aliphatic heterocycles. The summed E-state index contributed by atoms with van der Waals surface area (Å²) >= 11 is 7.33. The van der Waals surface area contributed by atoms with Gasteiger partial charge in [0.05, 0.1) is 22.7 Å². The Morgan fingerprint density at radius 3 is 2.82 bits per heavy atom. The number of benzene rings is 2. The van der Waals surface area contributed by atoms with Gasteiger partial charge < -0.3 is 19.3 Å². The molecule has 0 saturated heterocycles.